The Morgan fingerprint density at radius 3 is 2.71 bits per heavy atom. The van der Waals surface area contributed by atoms with Crippen LogP contribution in [0.25, 0.3) is 0 Å². The number of benzene rings is 1. The SMILES string of the molecule is CC(=O)[C@H]1C[C@@H]1C(=O)Cc1cc(F)ccc1Br. The summed E-state index contributed by atoms with van der Waals surface area (Å²) in [4.78, 5) is 22.9. The molecule has 0 aliphatic heterocycles. The van der Waals surface area contributed by atoms with Crippen LogP contribution in [0.1, 0.15) is 18.9 Å². The molecule has 2 nitrogen and oxygen atoms in total. The number of Topliss-reactive ketones (excluding diaryl/α,β-unsaturated/α-hetero) is 2. The molecular formula is C13H12BrFO2. The summed E-state index contributed by atoms with van der Waals surface area (Å²) in [7, 11) is 0. The van der Waals surface area contributed by atoms with Crippen LogP contribution in [0.3, 0.4) is 0 Å². The number of ketones is 2. The molecule has 1 fully saturated rings. The maximum absolute atomic E-state index is 13.0. The van der Waals surface area contributed by atoms with Gasteiger partial charge in [0, 0.05) is 22.7 Å². The quantitative estimate of drug-likeness (QED) is 0.856. The molecule has 2 rings (SSSR count). The first-order valence-electron chi connectivity index (χ1n) is 5.46. The maximum Gasteiger partial charge on any atom is 0.141 e. The zero-order valence-electron chi connectivity index (χ0n) is 9.37. The van der Waals surface area contributed by atoms with Gasteiger partial charge in [-0.1, -0.05) is 15.9 Å². The lowest BCUT2D eigenvalue weighted by molar-refractivity contribution is -0.123. The zero-order chi connectivity index (χ0) is 12.6. The van der Waals surface area contributed by atoms with Crippen molar-refractivity contribution in [3.05, 3.63) is 34.1 Å². The first-order chi connectivity index (χ1) is 7.99. The predicted molar refractivity (Wildman–Crippen MR) is 65.1 cm³/mol. The van der Waals surface area contributed by atoms with E-state index >= 15 is 0 Å². The van der Waals surface area contributed by atoms with Gasteiger partial charge in [0.05, 0.1) is 0 Å². The minimum atomic E-state index is -0.352. The van der Waals surface area contributed by atoms with E-state index in [0.29, 0.717) is 12.0 Å². The van der Waals surface area contributed by atoms with Crippen molar-refractivity contribution in [2.75, 3.05) is 0 Å². The summed E-state index contributed by atoms with van der Waals surface area (Å²) in [5, 5.41) is 0. The molecule has 17 heavy (non-hydrogen) atoms. The van der Waals surface area contributed by atoms with E-state index in [1.807, 2.05) is 0 Å². The molecule has 0 N–H and O–H groups in total. The standard InChI is InChI=1S/C13H12BrFO2/c1-7(16)10-6-11(10)13(17)5-8-4-9(15)2-3-12(8)14/h2-4,10-11H,5-6H2,1H3/t10-,11+/m1/s1. The minimum absolute atomic E-state index is 0.0245. The third-order valence-electron chi connectivity index (χ3n) is 3.10. The highest BCUT2D eigenvalue weighted by Crippen LogP contribution is 2.40. The Balaban J connectivity index is 2.04. The number of halogens is 2. The molecule has 1 aliphatic rings. The summed E-state index contributed by atoms with van der Waals surface area (Å²) < 4.78 is 13.8. The van der Waals surface area contributed by atoms with E-state index in [1.165, 1.54) is 19.1 Å². The van der Waals surface area contributed by atoms with Crippen LogP contribution >= 0.6 is 15.9 Å². The van der Waals surface area contributed by atoms with Gasteiger partial charge in [0.2, 0.25) is 0 Å². The summed E-state index contributed by atoms with van der Waals surface area (Å²) in [6.45, 7) is 1.51. The molecule has 1 aromatic rings. The third-order valence-corrected chi connectivity index (χ3v) is 3.87. The molecule has 0 heterocycles. The van der Waals surface area contributed by atoms with Crippen LogP contribution < -0.4 is 0 Å². The van der Waals surface area contributed by atoms with E-state index in [2.05, 4.69) is 15.9 Å². The molecule has 0 aromatic heterocycles. The largest absolute Gasteiger partial charge is 0.300 e. The second-order valence-electron chi connectivity index (χ2n) is 4.44. The lowest BCUT2D eigenvalue weighted by Gasteiger charge is -2.03. The molecule has 4 heteroatoms. The van der Waals surface area contributed by atoms with Gasteiger partial charge in [0.1, 0.15) is 17.4 Å². The molecule has 0 bridgehead atoms. The fraction of sp³-hybridized carbons (Fsp3) is 0.385. The van der Waals surface area contributed by atoms with Crippen LogP contribution in [0.5, 0.6) is 0 Å². The average Bonchev–Trinajstić information content (AvgIpc) is 3.03. The predicted octanol–water partition coefficient (Wildman–Crippen LogP) is 2.92. The van der Waals surface area contributed by atoms with E-state index in [0.717, 1.165) is 4.47 Å². The Morgan fingerprint density at radius 1 is 1.41 bits per heavy atom. The Kier molecular flexibility index (Phi) is 3.43. The van der Waals surface area contributed by atoms with Crippen molar-refractivity contribution in [2.45, 2.75) is 19.8 Å². The summed E-state index contributed by atoms with van der Waals surface area (Å²) in [6, 6.07) is 4.29. The minimum Gasteiger partial charge on any atom is -0.300 e. The lowest BCUT2D eigenvalue weighted by Crippen LogP contribution is -2.09. The van der Waals surface area contributed by atoms with Crippen LogP contribution in [-0.2, 0) is 16.0 Å². The topological polar surface area (TPSA) is 34.1 Å². The number of hydrogen-bond donors (Lipinski definition) is 0. The number of hydrogen-bond acceptors (Lipinski definition) is 2. The third kappa shape index (κ3) is 2.80. The molecule has 90 valence electrons. The Bertz CT molecular complexity index is 484. The monoisotopic (exact) mass is 298 g/mol. The first kappa shape index (κ1) is 12.4. The van der Waals surface area contributed by atoms with E-state index in [1.54, 1.807) is 6.07 Å². The van der Waals surface area contributed by atoms with Crippen molar-refractivity contribution in [3.8, 4) is 0 Å². The molecule has 0 radical (unpaired) electrons. The number of carbonyl (C=O) groups excluding carboxylic acids is 2. The average molecular weight is 299 g/mol. The van der Waals surface area contributed by atoms with Gasteiger partial charge in [0.15, 0.2) is 0 Å². The van der Waals surface area contributed by atoms with Crippen LogP contribution in [0.4, 0.5) is 4.39 Å². The Hall–Kier alpha value is -1.03. The Morgan fingerprint density at radius 2 is 2.12 bits per heavy atom. The van der Waals surface area contributed by atoms with Gasteiger partial charge in [0.25, 0.3) is 0 Å². The van der Waals surface area contributed by atoms with Crippen molar-refractivity contribution < 1.29 is 14.0 Å². The van der Waals surface area contributed by atoms with E-state index in [9.17, 15) is 14.0 Å². The molecular weight excluding hydrogens is 287 g/mol. The highest BCUT2D eigenvalue weighted by atomic mass is 79.9. The van der Waals surface area contributed by atoms with Crippen molar-refractivity contribution in [2.24, 2.45) is 11.8 Å². The summed E-state index contributed by atoms with van der Waals surface area (Å²) >= 11 is 3.29. The van der Waals surface area contributed by atoms with Gasteiger partial charge in [-0.25, -0.2) is 4.39 Å². The molecule has 0 unspecified atom stereocenters. The van der Waals surface area contributed by atoms with E-state index in [-0.39, 0.29) is 35.6 Å². The molecule has 0 saturated heterocycles. The second kappa shape index (κ2) is 4.69. The lowest BCUT2D eigenvalue weighted by atomic mass is 10.0. The van der Waals surface area contributed by atoms with Gasteiger partial charge in [-0.2, -0.15) is 0 Å². The van der Waals surface area contributed by atoms with Crippen LogP contribution in [0.15, 0.2) is 22.7 Å². The molecule has 1 aromatic carbocycles. The van der Waals surface area contributed by atoms with Gasteiger partial charge in [-0.15, -0.1) is 0 Å². The maximum atomic E-state index is 13.0. The summed E-state index contributed by atoms with van der Waals surface area (Å²) in [5.41, 5.74) is 0.643. The number of carbonyl (C=O) groups is 2. The second-order valence-corrected chi connectivity index (χ2v) is 5.29. The summed E-state index contributed by atoms with van der Waals surface area (Å²) in [5.74, 6) is -0.509. The zero-order valence-corrected chi connectivity index (χ0v) is 11.0. The van der Waals surface area contributed by atoms with Crippen molar-refractivity contribution in [1.82, 2.24) is 0 Å². The van der Waals surface area contributed by atoms with Crippen molar-refractivity contribution in [1.29, 1.82) is 0 Å². The van der Waals surface area contributed by atoms with Crippen LogP contribution in [0.2, 0.25) is 0 Å². The first-order valence-corrected chi connectivity index (χ1v) is 6.25. The Labute approximate surface area is 107 Å². The molecule has 2 atom stereocenters. The smallest absolute Gasteiger partial charge is 0.141 e. The van der Waals surface area contributed by atoms with Crippen LogP contribution in [-0.4, -0.2) is 11.6 Å². The van der Waals surface area contributed by atoms with Gasteiger partial charge < -0.3 is 0 Å². The van der Waals surface area contributed by atoms with Crippen LogP contribution in [0, 0.1) is 17.7 Å². The van der Waals surface area contributed by atoms with Gasteiger partial charge in [-0.3, -0.25) is 9.59 Å². The number of rotatable bonds is 4. The highest BCUT2D eigenvalue weighted by molar-refractivity contribution is 9.10. The fourth-order valence-corrected chi connectivity index (χ4v) is 2.38. The normalized spacial score (nSPS) is 22.3. The van der Waals surface area contributed by atoms with E-state index < -0.39 is 0 Å². The van der Waals surface area contributed by atoms with Crippen molar-refractivity contribution in [3.63, 3.8) is 0 Å². The van der Waals surface area contributed by atoms with E-state index in [4.69, 9.17) is 0 Å². The fourth-order valence-electron chi connectivity index (χ4n) is 2.00. The molecule has 1 saturated carbocycles. The van der Waals surface area contributed by atoms with Crippen molar-refractivity contribution >= 4 is 27.5 Å². The van der Waals surface area contributed by atoms with Gasteiger partial charge >= 0.3 is 0 Å². The van der Waals surface area contributed by atoms with Gasteiger partial charge in [-0.05, 0) is 37.1 Å². The molecule has 0 amide bonds. The highest BCUT2D eigenvalue weighted by Gasteiger charge is 2.45. The summed E-state index contributed by atoms with van der Waals surface area (Å²) in [6.07, 6.45) is 0.841. The molecule has 1 aliphatic carbocycles. The molecule has 0 spiro atoms.